The number of nitrogens with zero attached hydrogens (tertiary/aromatic N) is 4. The minimum Gasteiger partial charge on any atom is -0.496 e. The van der Waals surface area contributed by atoms with Crippen molar-refractivity contribution in [2.75, 3.05) is 20.2 Å². The number of aliphatic imine (C=N–C) groups is 1. The minimum absolute atomic E-state index is 0.429. The van der Waals surface area contributed by atoms with Gasteiger partial charge in [-0.25, -0.2) is 4.99 Å². The first-order chi connectivity index (χ1) is 14.2. The molecule has 0 saturated carbocycles. The lowest BCUT2D eigenvalue weighted by Gasteiger charge is -2.13. The predicted molar refractivity (Wildman–Crippen MR) is 116 cm³/mol. The van der Waals surface area contributed by atoms with E-state index >= 15 is 0 Å². The molecule has 3 rings (SSSR count). The molecule has 7 heteroatoms. The van der Waals surface area contributed by atoms with Gasteiger partial charge in [0.2, 0.25) is 0 Å². The molecule has 0 spiro atoms. The summed E-state index contributed by atoms with van der Waals surface area (Å²) in [4.78, 5) is 4.67. The first kappa shape index (κ1) is 20.4. The largest absolute Gasteiger partial charge is 0.496 e. The molecule has 0 amide bonds. The fraction of sp³-hybridized carbons (Fsp3) is 0.318. The van der Waals surface area contributed by atoms with Crippen LogP contribution >= 0.6 is 0 Å². The highest BCUT2D eigenvalue weighted by Gasteiger charge is 2.07. The average molecular weight is 393 g/mol. The maximum atomic E-state index is 5.47. The lowest BCUT2D eigenvalue weighted by Crippen LogP contribution is -2.38. The number of ether oxygens (including phenoxy) is 1. The van der Waals surface area contributed by atoms with Crippen LogP contribution in [0.3, 0.4) is 0 Å². The summed E-state index contributed by atoms with van der Waals surface area (Å²) < 4.78 is 7.41. The van der Waals surface area contributed by atoms with Crippen LogP contribution in [-0.4, -0.2) is 40.9 Å². The molecule has 29 heavy (non-hydrogen) atoms. The van der Waals surface area contributed by atoms with Crippen molar-refractivity contribution in [1.29, 1.82) is 0 Å². The van der Waals surface area contributed by atoms with E-state index in [0.29, 0.717) is 6.54 Å². The highest BCUT2D eigenvalue weighted by Crippen LogP contribution is 2.19. The molecule has 0 radical (unpaired) electrons. The standard InChI is InChI=1S/C22H28N6O/c1-4-23-22(24-13-12-18-14-17(2)10-11-20(18)29-3)25-15-21-27-26-16-28(21)19-8-6-5-7-9-19/h5-11,14,16H,4,12-13,15H2,1-3H3,(H2,23,24,25). The lowest BCUT2D eigenvalue weighted by molar-refractivity contribution is 0.409. The van der Waals surface area contributed by atoms with E-state index in [0.717, 1.165) is 42.7 Å². The number of guanidine groups is 1. The van der Waals surface area contributed by atoms with Gasteiger partial charge in [0.15, 0.2) is 11.8 Å². The predicted octanol–water partition coefficient (Wildman–Crippen LogP) is 2.88. The van der Waals surface area contributed by atoms with Crippen LogP contribution in [0, 0.1) is 6.92 Å². The van der Waals surface area contributed by atoms with Gasteiger partial charge in [-0.05, 0) is 44.0 Å². The topological polar surface area (TPSA) is 76.4 Å². The molecular formula is C22H28N6O. The van der Waals surface area contributed by atoms with E-state index in [1.165, 1.54) is 11.1 Å². The normalized spacial score (nSPS) is 11.3. The molecule has 1 heterocycles. The van der Waals surface area contributed by atoms with Gasteiger partial charge in [0.25, 0.3) is 0 Å². The molecule has 0 aliphatic heterocycles. The maximum absolute atomic E-state index is 5.47. The summed E-state index contributed by atoms with van der Waals surface area (Å²) in [6, 6.07) is 16.3. The van der Waals surface area contributed by atoms with Crippen LogP contribution in [0.25, 0.3) is 5.69 Å². The van der Waals surface area contributed by atoms with Crippen LogP contribution in [0.1, 0.15) is 23.9 Å². The van der Waals surface area contributed by atoms with Crippen LogP contribution < -0.4 is 15.4 Å². The SMILES string of the molecule is CCNC(=NCc1nncn1-c1ccccc1)NCCc1cc(C)ccc1OC. The van der Waals surface area contributed by atoms with Crippen LogP contribution in [0.2, 0.25) is 0 Å². The van der Waals surface area contributed by atoms with Crippen molar-refractivity contribution in [2.24, 2.45) is 4.99 Å². The van der Waals surface area contributed by atoms with Crippen molar-refractivity contribution in [2.45, 2.75) is 26.8 Å². The lowest BCUT2D eigenvalue weighted by atomic mass is 10.1. The van der Waals surface area contributed by atoms with Crippen molar-refractivity contribution in [3.63, 3.8) is 0 Å². The Morgan fingerprint density at radius 3 is 2.72 bits per heavy atom. The fourth-order valence-electron chi connectivity index (χ4n) is 3.08. The second-order valence-electron chi connectivity index (χ2n) is 6.64. The molecule has 152 valence electrons. The second kappa shape index (κ2) is 10.3. The van der Waals surface area contributed by atoms with Gasteiger partial charge in [0, 0.05) is 18.8 Å². The smallest absolute Gasteiger partial charge is 0.191 e. The summed E-state index contributed by atoms with van der Waals surface area (Å²) in [6.07, 6.45) is 2.56. The van der Waals surface area contributed by atoms with E-state index in [2.05, 4.69) is 44.9 Å². The van der Waals surface area contributed by atoms with Crippen molar-refractivity contribution in [3.05, 3.63) is 71.8 Å². The zero-order valence-corrected chi connectivity index (χ0v) is 17.2. The summed E-state index contributed by atoms with van der Waals surface area (Å²) in [6.45, 7) is 6.10. The number of methoxy groups -OCH3 is 1. The van der Waals surface area contributed by atoms with E-state index in [4.69, 9.17) is 4.74 Å². The molecule has 1 aromatic heterocycles. The van der Waals surface area contributed by atoms with Crippen LogP contribution in [0.5, 0.6) is 5.75 Å². The zero-order valence-electron chi connectivity index (χ0n) is 17.2. The van der Waals surface area contributed by atoms with Gasteiger partial charge in [-0.3, -0.25) is 4.57 Å². The monoisotopic (exact) mass is 392 g/mol. The second-order valence-corrected chi connectivity index (χ2v) is 6.64. The Kier molecular flexibility index (Phi) is 7.22. The molecule has 0 atom stereocenters. The summed E-state index contributed by atoms with van der Waals surface area (Å²) >= 11 is 0. The number of hydrogen-bond donors (Lipinski definition) is 2. The number of nitrogens with one attached hydrogen (secondary N) is 2. The number of para-hydroxylation sites is 1. The van der Waals surface area contributed by atoms with Gasteiger partial charge >= 0.3 is 0 Å². The number of hydrogen-bond acceptors (Lipinski definition) is 4. The van der Waals surface area contributed by atoms with E-state index in [1.807, 2.05) is 47.9 Å². The molecule has 2 N–H and O–H groups in total. The Balaban J connectivity index is 1.64. The van der Waals surface area contributed by atoms with Gasteiger partial charge < -0.3 is 15.4 Å². The first-order valence-electron chi connectivity index (χ1n) is 9.81. The molecule has 2 aromatic carbocycles. The van der Waals surface area contributed by atoms with E-state index in [9.17, 15) is 0 Å². The zero-order chi connectivity index (χ0) is 20.5. The molecular weight excluding hydrogens is 364 g/mol. The van der Waals surface area contributed by atoms with Crippen molar-refractivity contribution >= 4 is 5.96 Å². The number of benzene rings is 2. The van der Waals surface area contributed by atoms with Crippen molar-refractivity contribution < 1.29 is 4.74 Å². The highest BCUT2D eigenvalue weighted by molar-refractivity contribution is 5.79. The maximum Gasteiger partial charge on any atom is 0.191 e. The number of aryl methyl sites for hydroxylation is 1. The third-order valence-electron chi connectivity index (χ3n) is 4.50. The molecule has 0 aliphatic rings. The molecule has 7 nitrogen and oxygen atoms in total. The summed E-state index contributed by atoms with van der Waals surface area (Å²) in [7, 11) is 1.70. The summed E-state index contributed by atoms with van der Waals surface area (Å²) in [5, 5.41) is 14.9. The Labute approximate surface area is 171 Å². The molecule has 0 saturated heterocycles. The van der Waals surface area contributed by atoms with Crippen molar-refractivity contribution in [1.82, 2.24) is 25.4 Å². The third kappa shape index (κ3) is 5.57. The highest BCUT2D eigenvalue weighted by atomic mass is 16.5. The molecule has 0 fully saturated rings. The molecule has 3 aromatic rings. The average Bonchev–Trinajstić information content (AvgIpc) is 3.21. The van der Waals surface area contributed by atoms with Gasteiger partial charge in [-0.1, -0.05) is 35.9 Å². The van der Waals surface area contributed by atoms with E-state index in [-0.39, 0.29) is 0 Å². The fourth-order valence-corrected chi connectivity index (χ4v) is 3.08. The Morgan fingerprint density at radius 2 is 1.97 bits per heavy atom. The Hall–Kier alpha value is -3.35. The third-order valence-corrected chi connectivity index (χ3v) is 4.50. The van der Waals surface area contributed by atoms with Gasteiger partial charge in [-0.2, -0.15) is 0 Å². The number of rotatable bonds is 8. The van der Waals surface area contributed by atoms with Gasteiger partial charge in [0.1, 0.15) is 18.6 Å². The van der Waals surface area contributed by atoms with E-state index in [1.54, 1.807) is 13.4 Å². The number of aromatic nitrogens is 3. The summed E-state index contributed by atoms with van der Waals surface area (Å²) in [5.41, 5.74) is 3.42. The van der Waals surface area contributed by atoms with Crippen LogP contribution in [0.15, 0.2) is 59.9 Å². The minimum atomic E-state index is 0.429. The van der Waals surface area contributed by atoms with Crippen molar-refractivity contribution in [3.8, 4) is 11.4 Å². The van der Waals surface area contributed by atoms with E-state index < -0.39 is 0 Å². The van der Waals surface area contributed by atoms with Gasteiger partial charge in [0.05, 0.1) is 7.11 Å². The van der Waals surface area contributed by atoms with Crippen LogP contribution in [-0.2, 0) is 13.0 Å². The summed E-state index contributed by atoms with van der Waals surface area (Å²) in [5.74, 6) is 2.45. The molecule has 0 aliphatic carbocycles. The Morgan fingerprint density at radius 1 is 1.14 bits per heavy atom. The first-order valence-corrected chi connectivity index (χ1v) is 9.81. The Bertz CT molecular complexity index is 935. The quantitative estimate of drug-likeness (QED) is 0.455. The molecule has 0 bridgehead atoms. The van der Waals surface area contributed by atoms with Crippen LogP contribution in [0.4, 0.5) is 0 Å². The molecule has 0 unspecified atom stereocenters. The van der Waals surface area contributed by atoms with Gasteiger partial charge in [-0.15, -0.1) is 10.2 Å².